The summed E-state index contributed by atoms with van der Waals surface area (Å²) in [6.45, 7) is 0.213. The van der Waals surface area contributed by atoms with Crippen molar-refractivity contribution in [2.75, 3.05) is 5.73 Å². The third kappa shape index (κ3) is 3.53. The van der Waals surface area contributed by atoms with Gasteiger partial charge in [-0.3, -0.25) is 0 Å². The van der Waals surface area contributed by atoms with Crippen molar-refractivity contribution < 1.29 is 9.13 Å². The second-order valence-electron chi connectivity index (χ2n) is 3.83. The summed E-state index contributed by atoms with van der Waals surface area (Å²) in [6, 6.07) is 7.59. The van der Waals surface area contributed by atoms with Gasteiger partial charge in [0.1, 0.15) is 12.4 Å². The van der Waals surface area contributed by atoms with E-state index in [4.69, 9.17) is 33.7 Å². The minimum absolute atomic E-state index is 0.213. The topological polar surface area (TPSA) is 35.2 Å². The molecule has 0 saturated carbocycles. The lowest BCUT2D eigenvalue weighted by atomic mass is 10.2. The van der Waals surface area contributed by atoms with Crippen molar-refractivity contribution in [3.63, 3.8) is 0 Å². The Bertz CT molecular complexity index is 599. The summed E-state index contributed by atoms with van der Waals surface area (Å²) < 4.78 is 19.1. The molecule has 0 unspecified atom stereocenters. The Kier molecular flexibility index (Phi) is 4.55. The highest BCUT2D eigenvalue weighted by molar-refractivity contribution is 9.10. The molecular formula is C13H9BrCl2FNO. The van der Waals surface area contributed by atoms with E-state index in [1.54, 1.807) is 18.2 Å². The largest absolute Gasteiger partial charge is 0.485 e. The van der Waals surface area contributed by atoms with E-state index < -0.39 is 5.82 Å². The molecule has 0 aliphatic heterocycles. The van der Waals surface area contributed by atoms with Gasteiger partial charge in [-0.05, 0) is 34.1 Å². The average Bonchev–Trinajstić information content (AvgIpc) is 2.30. The summed E-state index contributed by atoms with van der Waals surface area (Å²) >= 11 is 15.0. The van der Waals surface area contributed by atoms with Gasteiger partial charge in [-0.25, -0.2) is 4.39 Å². The Morgan fingerprint density at radius 3 is 2.58 bits per heavy atom. The number of anilines is 1. The summed E-state index contributed by atoms with van der Waals surface area (Å²) in [5.74, 6) is -0.0475. The van der Waals surface area contributed by atoms with E-state index >= 15 is 0 Å². The summed E-state index contributed by atoms with van der Waals surface area (Å²) in [5, 5.41) is 1.06. The van der Waals surface area contributed by atoms with Crippen molar-refractivity contribution in [2.45, 2.75) is 6.61 Å². The summed E-state index contributed by atoms with van der Waals surface area (Å²) in [5.41, 5.74) is 6.68. The molecule has 0 aliphatic rings. The molecule has 0 bridgehead atoms. The fourth-order valence-electron chi connectivity index (χ4n) is 1.52. The minimum Gasteiger partial charge on any atom is -0.485 e. The molecule has 0 spiro atoms. The highest BCUT2D eigenvalue weighted by Crippen LogP contribution is 2.33. The van der Waals surface area contributed by atoms with E-state index in [9.17, 15) is 4.39 Å². The van der Waals surface area contributed by atoms with Gasteiger partial charge in [0.05, 0.1) is 10.2 Å². The van der Waals surface area contributed by atoms with Gasteiger partial charge in [-0.2, -0.15) is 0 Å². The van der Waals surface area contributed by atoms with Crippen LogP contribution in [0.2, 0.25) is 10.0 Å². The third-order valence-electron chi connectivity index (χ3n) is 2.42. The van der Waals surface area contributed by atoms with Crippen LogP contribution in [-0.2, 0) is 6.61 Å². The van der Waals surface area contributed by atoms with E-state index in [1.807, 2.05) is 0 Å². The molecule has 19 heavy (non-hydrogen) atoms. The van der Waals surface area contributed by atoms with Gasteiger partial charge < -0.3 is 10.5 Å². The monoisotopic (exact) mass is 363 g/mol. The summed E-state index contributed by atoms with van der Waals surface area (Å²) in [6.07, 6.45) is 0. The number of hydrogen-bond donors (Lipinski definition) is 1. The number of benzene rings is 2. The van der Waals surface area contributed by atoms with Crippen LogP contribution in [0.15, 0.2) is 34.8 Å². The van der Waals surface area contributed by atoms with Crippen LogP contribution in [0, 0.1) is 5.82 Å². The lowest BCUT2D eigenvalue weighted by molar-refractivity contribution is 0.305. The first-order valence-corrected chi connectivity index (χ1v) is 6.83. The van der Waals surface area contributed by atoms with Crippen LogP contribution in [0.25, 0.3) is 0 Å². The molecule has 0 aliphatic carbocycles. The van der Waals surface area contributed by atoms with E-state index in [0.717, 1.165) is 5.56 Å². The average molecular weight is 365 g/mol. The van der Waals surface area contributed by atoms with Gasteiger partial charge >= 0.3 is 0 Å². The van der Waals surface area contributed by atoms with Gasteiger partial charge in [0.25, 0.3) is 0 Å². The second-order valence-corrected chi connectivity index (χ2v) is 5.53. The van der Waals surface area contributed by atoms with Crippen LogP contribution >= 0.6 is 39.1 Å². The Morgan fingerprint density at radius 1 is 1.21 bits per heavy atom. The van der Waals surface area contributed by atoms with Crippen LogP contribution in [0.5, 0.6) is 5.75 Å². The van der Waals surface area contributed by atoms with Crippen molar-refractivity contribution in [1.82, 2.24) is 0 Å². The molecule has 0 atom stereocenters. The molecule has 2 aromatic carbocycles. The first-order valence-electron chi connectivity index (χ1n) is 5.28. The number of nitrogens with two attached hydrogens (primary N) is 1. The summed E-state index contributed by atoms with van der Waals surface area (Å²) in [7, 11) is 0. The molecule has 2 rings (SSSR count). The molecule has 0 aromatic heterocycles. The highest BCUT2D eigenvalue weighted by Gasteiger charge is 2.10. The predicted octanol–water partition coefficient (Wildman–Crippen LogP) is 5.06. The molecule has 6 heteroatoms. The first-order chi connectivity index (χ1) is 8.97. The number of ether oxygens (including phenoxy) is 1. The van der Waals surface area contributed by atoms with Crippen LogP contribution in [-0.4, -0.2) is 0 Å². The van der Waals surface area contributed by atoms with Crippen LogP contribution in [0.3, 0.4) is 0 Å². The maximum atomic E-state index is 13.1. The fourth-order valence-corrected chi connectivity index (χ4v) is 2.55. The molecule has 0 saturated heterocycles. The quantitative estimate of drug-likeness (QED) is 0.773. The van der Waals surface area contributed by atoms with Gasteiger partial charge in [0, 0.05) is 21.7 Å². The zero-order valence-electron chi connectivity index (χ0n) is 9.59. The van der Waals surface area contributed by atoms with Gasteiger partial charge in [0.15, 0.2) is 5.75 Å². The van der Waals surface area contributed by atoms with Crippen LogP contribution < -0.4 is 10.5 Å². The zero-order valence-corrected chi connectivity index (χ0v) is 12.7. The summed E-state index contributed by atoms with van der Waals surface area (Å²) in [4.78, 5) is 0. The molecule has 0 amide bonds. The van der Waals surface area contributed by atoms with Crippen molar-refractivity contribution in [3.8, 4) is 5.75 Å². The van der Waals surface area contributed by atoms with E-state index in [0.29, 0.717) is 20.3 Å². The molecule has 2 nitrogen and oxygen atoms in total. The lowest BCUT2D eigenvalue weighted by Crippen LogP contribution is -2.01. The third-order valence-corrected chi connectivity index (χ3v) is 3.60. The van der Waals surface area contributed by atoms with Crippen molar-refractivity contribution in [3.05, 3.63) is 56.2 Å². The van der Waals surface area contributed by atoms with Crippen LogP contribution in [0.1, 0.15) is 5.56 Å². The molecule has 2 N–H and O–H groups in total. The SMILES string of the molecule is Nc1cc(F)cc(Br)c1OCc1ccc(Cl)cc1Cl. The second kappa shape index (κ2) is 5.99. The number of halogens is 4. The van der Waals surface area contributed by atoms with E-state index in [1.165, 1.54) is 12.1 Å². The number of nitrogen functional groups attached to an aromatic ring is 1. The highest BCUT2D eigenvalue weighted by atomic mass is 79.9. The molecule has 100 valence electrons. The van der Waals surface area contributed by atoms with Crippen LogP contribution in [0.4, 0.5) is 10.1 Å². The van der Waals surface area contributed by atoms with E-state index in [2.05, 4.69) is 15.9 Å². The smallest absolute Gasteiger partial charge is 0.157 e. The Labute approximate surface area is 128 Å². The molecule has 0 radical (unpaired) electrons. The maximum absolute atomic E-state index is 13.1. The predicted molar refractivity (Wildman–Crippen MR) is 79.3 cm³/mol. The fraction of sp³-hybridized carbons (Fsp3) is 0.0769. The Balaban J connectivity index is 2.19. The molecular weight excluding hydrogens is 356 g/mol. The van der Waals surface area contributed by atoms with Crippen molar-refractivity contribution >= 4 is 44.8 Å². The lowest BCUT2D eigenvalue weighted by Gasteiger charge is -2.12. The maximum Gasteiger partial charge on any atom is 0.157 e. The van der Waals surface area contributed by atoms with Crippen molar-refractivity contribution in [1.29, 1.82) is 0 Å². The Morgan fingerprint density at radius 2 is 1.95 bits per heavy atom. The van der Waals surface area contributed by atoms with Gasteiger partial charge in [0.2, 0.25) is 0 Å². The molecule has 2 aromatic rings. The molecule has 0 fully saturated rings. The zero-order chi connectivity index (χ0) is 14.0. The first kappa shape index (κ1) is 14.4. The number of hydrogen-bond acceptors (Lipinski definition) is 2. The van der Waals surface area contributed by atoms with Crippen molar-refractivity contribution in [2.24, 2.45) is 0 Å². The normalized spacial score (nSPS) is 10.5. The minimum atomic E-state index is -0.429. The molecule has 0 heterocycles. The van der Waals surface area contributed by atoms with Gasteiger partial charge in [-0.15, -0.1) is 0 Å². The standard InChI is InChI=1S/C13H9BrCl2FNO/c14-10-4-9(17)5-12(18)13(10)19-6-7-1-2-8(15)3-11(7)16/h1-5H,6,18H2. The number of rotatable bonds is 3. The van der Waals surface area contributed by atoms with E-state index in [-0.39, 0.29) is 12.3 Å². The van der Waals surface area contributed by atoms with Gasteiger partial charge in [-0.1, -0.05) is 29.3 Å². The Hall–Kier alpha value is -0.970.